The Morgan fingerprint density at radius 1 is 1.44 bits per heavy atom. The van der Waals surface area contributed by atoms with Crippen molar-refractivity contribution in [3.8, 4) is 11.8 Å². The number of benzene rings is 1. The summed E-state index contributed by atoms with van der Waals surface area (Å²) in [5, 5.41) is 10.1. The number of nitrogens with zero attached hydrogens (tertiary/aromatic N) is 1. The van der Waals surface area contributed by atoms with Gasteiger partial charge in [0.05, 0.1) is 18.6 Å². The molecule has 0 bridgehead atoms. The van der Waals surface area contributed by atoms with Gasteiger partial charge in [-0.05, 0) is 50.3 Å². The van der Waals surface area contributed by atoms with E-state index < -0.39 is 0 Å². The maximum absolute atomic E-state index is 9.35. The SMILES string of the molecule is COc1cc(C)c(Cl)c(C)c1CC1(C#N)CCC1. The summed E-state index contributed by atoms with van der Waals surface area (Å²) < 4.78 is 5.45. The van der Waals surface area contributed by atoms with Crippen LogP contribution in [0.3, 0.4) is 0 Å². The Morgan fingerprint density at radius 3 is 2.56 bits per heavy atom. The Kier molecular flexibility index (Phi) is 3.54. The van der Waals surface area contributed by atoms with Crippen molar-refractivity contribution >= 4 is 11.6 Å². The van der Waals surface area contributed by atoms with Gasteiger partial charge in [-0.1, -0.05) is 18.0 Å². The second-order valence-corrected chi connectivity index (χ2v) is 5.61. The molecule has 0 saturated heterocycles. The Labute approximate surface area is 114 Å². The lowest BCUT2D eigenvalue weighted by atomic mass is 9.66. The highest BCUT2D eigenvalue weighted by atomic mass is 35.5. The zero-order valence-corrected chi connectivity index (χ0v) is 11.9. The van der Waals surface area contributed by atoms with Crippen molar-refractivity contribution in [1.82, 2.24) is 0 Å². The van der Waals surface area contributed by atoms with Crippen LogP contribution in [0.2, 0.25) is 5.02 Å². The first kappa shape index (κ1) is 13.2. The number of hydrogen-bond donors (Lipinski definition) is 0. The number of aryl methyl sites for hydroxylation is 1. The minimum atomic E-state index is -0.198. The minimum absolute atomic E-state index is 0.198. The molecule has 0 aromatic heterocycles. The van der Waals surface area contributed by atoms with E-state index in [1.54, 1.807) is 7.11 Å². The molecule has 96 valence electrons. The Morgan fingerprint density at radius 2 is 2.11 bits per heavy atom. The number of methoxy groups -OCH3 is 1. The molecule has 0 atom stereocenters. The lowest BCUT2D eigenvalue weighted by Crippen LogP contribution is -2.30. The van der Waals surface area contributed by atoms with E-state index in [4.69, 9.17) is 16.3 Å². The van der Waals surface area contributed by atoms with E-state index in [1.807, 2.05) is 19.9 Å². The van der Waals surface area contributed by atoms with Crippen molar-refractivity contribution in [3.05, 3.63) is 27.8 Å². The maximum atomic E-state index is 9.35. The van der Waals surface area contributed by atoms with Crippen molar-refractivity contribution in [3.63, 3.8) is 0 Å². The Hall–Kier alpha value is -1.20. The first-order valence-corrected chi connectivity index (χ1v) is 6.64. The maximum Gasteiger partial charge on any atom is 0.122 e. The summed E-state index contributed by atoms with van der Waals surface area (Å²) in [6.07, 6.45) is 3.86. The van der Waals surface area contributed by atoms with Gasteiger partial charge in [0.25, 0.3) is 0 Å². The molecule has 1 aromatic rings. The molecule has 0 spiro atoms. The van der Waals surface area contributed by atoms with E-state index in [2.05, 4.69) is 6.07 Å². The molecule has 1 aliphatic carbocycles. The van der Waals surface area contributed by atoms with Crippen LogP contribution in [-0.4, -0.2) is 7.11 Å². The Bertz CT molecular complexity index is 512. The average molecular weight is 264 g/mol. The van der Waals surface area contributed by atoms with E-state index >= 15 is 0 Å². The van der Waals surface area contributed by atoms with Crippen molar-refractivity contribution in [2.45, 2.75) is 39.5 Å². The van der Waals surface area contributed by atoms with Gasteiger partial charge in [0.2, 0.25) is 0 Å². The van der Waals surface area contributed by atoms with Crippen molar-refractivity contribution < 1.29 is 4.74 Å². The van der Waals surface area contributed by atoms with Crippen LogP contribution < -0.4 is 4.74 Å². The molecule has 0 N–H and O–H groups in total. The topological polar surface area (TPSA) is 33.0 Å². The first-order valence-electron chi connectivity index (χ1n) is 6.27. The molecule has 2 rings (SSSR count). The third-order valence-electron chi connectivity index (χ3n) is 4.06. The third kappa shape index (κ3) is 2.08. The van der Waals surface area contributed by atoms with Gasteiger partial charge in [-0.25, -0.2) is 0 Å². The third-order valence-corrected chi connectivity index (χ3v) is 4.64. The summed E-state index contributed by atoms with van der Waals surface area (Å²) in [6, 6.07) is 4.44. The number of hydrogen-bond acceptors (Lipinski definition) is 2. The van der Waals surface area contributed by atoms with Crippen LogP contribution >= 0.6 is 11.6 Å². The molecular weight excluding hydrogens is 246 g/mol. The van der Waals surface area contributed by atoms with Gasteiger partial charge < -0.3 is 4.74 Å². The monoisotopic (exact) mass is 263 g/mol. The fraction of sp³-hybridized carbons (Fsp3) is 0.533. The summed E-state index contributed by atoms with van der Waals surface area (Å²) in [4.78, 5) is 0. The predicted octanol–water partition coefficient (Wildman–Crippen LogP) is 4.20. The molecule has 3 heteroatoms. The van der Waals surface area contributed by atoms with E-state index in [0.29, 0.717) is 0 Å². The highest BCUT2D eigenvalue weighted by Gasteiger charge is 2.38. The van der Waals surface area contributed by atoms with Crippen LogP contribution in [0.15, 0.2) is 6.07 Å². The fourth-order valence-corrected chi connectivity index (χ4v) is 2.80. The van der Waals surface area contributed by atoms with Crippen molar-refractivity contribution in [1.29, 1.82) is 5.26 Å². The number of nitriles is 1. The molecule has 1 aliphatic rings. The molecule has 1 fully saturated rings. The molecule has 0 unspecified atom stereocenters. The molecule has 0 radical (unpaired) electrons. The van der Waals surface area contributed by atoms with Crippen LogP contribution in [0, 0.1) is 30.6 Å². The first-order chi connectivity index (χ1) is 8.53. The summed E-state index contributed by atoms with van der Waals surface area (Å²) in [5.41, 5.74) is 2.97. The highest BCUT2D eigenvalue weighted by Crippen LogP contribution is 2.46. The average Bonchev–Trinajstić information content (AvgIpc) is 2.33. The lowest BCUT2D eigenvalue weighted by molar-refractivity contribution is 0.211. The van der Waals surface area contributed by atoms with E-state index in [0.717, 1.165) is 53.1 Å². The van der Waals surface area contributed by atoms with Gasteiger partial charge in [0.15, 0.2) is 0 Å². The number of rotatable bonds is 3. The molecule has 0 amide bonds. The van der Waals surface area contributed by atoms with E-state index in [-0.39, 0.29) is 5.41 Å². The van der Waals surface area contributed by atoms with Gasteiger partial charge in [0, 0.05) is 10.6 Å². The van der Waals surface area contributed by atoms with E-state index in [9.17, 15) is 5.26 Å². The minimum Gasteiger partial charge on any atom is -0.496 e. The quantitative estimate of drug-likeness (QED) is 0.819. The van der Waals surface area contributed by atoms with Crippen molar-refractivity contribution in [2.24, 2.45) is 5.41 Å². The van der Waals surface area contributed by atoms with Crippen molar-refractivity contribution in [2.75, 3.05) is 7.11 Å². The summed E-state index contributed by atoms with van der Waals surface area (Å²) in [7, 11) is 1.67. The largest absolute Gasteiger partial charge is 0.496 e. The van der Waals surface area contributed by atoms with Crippen LogP contribution in [0.1, 0.15) is 36.0 Å². The summed E-state index contributed by atoms with van der Waals surface area (Å²) >= 11 is 6.31. The smallest absolute Gasteiger partial charge is 0.122 e. The number of ether oxygens (including phenoxy) is 1. The molecule has 0 aliphatic heterocycles. The lowest BCUT2D eigenvalue weighted by Gasteiger charge is -2.36. The molecule has 18 heavy (non-hydrogen) atoms. The van der Waals surface area contributed by atoms with Crippen LogP contribution in [0.5, 0.6) is 5.75 Å². The zero-order valence-electron chi connectivity index (χ0n) is 11.1. The fourth-order valence-electron chi connectivity index (χ4n) is 2.63. The van der Waals surface area contributed by atoms with Gasteiger partial charge in [0.1, 0.15) is 5.75 Å². The number of halogens is 1. The van der Waals surface area contributed by atoms with Crippen LogP contribution in [-0.2, 0) is 6.42 Å². The second kappa shape index (κ2) is 4.82. The predicted molar refractivity (Wildman–Crippen MR) is 73.1 cm³/mol. The standard InChI is InChI=1S/C15H18ClNO/c1-10-7-13(18-3)12(11(2)14(10)16)8-15(9-17)5-4-6-15/h7H,4-6,8H2,1-3H3. The zero-order chi connectivity index (χ0) is 13.3. The van der Waals surface area contributed by atoms with Crippen LogP contribution in [0.25, 0.3) is 0 Å². The molecule has 2 nitrogen and oxygen atoms in total. The summed E-state index contributed by atoms with van der Waals surface area (Å²) in [6.45, 7) is 3.99. The molecular formula is C15H18ClNO. The van der Waals surface area contributed by atoms with Crippen LogP contribution in [0.4, 0.5) is 0 Å². The van der Waals surface area contributed by atoms with Gasteiger partial charge >= 0.3 is 0 Å². The highest BCUT2D eigenvalue weighted by molar-refractivity contribution is 6.32. The Balaban J connectivity index is 2.44. The molecule has 0 heterocycles. The van der Waals surface area contributed by atoms with Gasteiger partial charge in [-0.15, -0.1) is 0 Å². The second-order valence-electron chi connectivity index (χ2n) is 5.24. The van der Waals surface area contributed by atoms with Gasteiger partial charge in [-0.2, -0.15) is 5.26 Å². The summed E-state index contributed by atoms with van der Waals surface area (Å²) in [5.74, 6) is 0.857. The van der Waals surface area contributed by atoms with Gasteiger partial charge in [-0.3, -0.25) is 0 Å². The normalized spacial score (nSPS) is 16.8. The van der Waals surface area contributed by atoms with E-state index in [1.165, 1.54) is 0 Å². The molecule has 1 aromatic carbocycles. The molecule has 1 saturated carbocycles.